The molecule has 2 rings (SSSR count). The zero-order valence-electron chi connectivity index (χ0n) is 9.47. The van der Waals surface area contributed by atoms with Crippen molar-refractivity contribution in [3.63, 3.8) is 0 Å². The summed E-state index contributed by atoms with van der Waals surface area (Å²) < 4.78 is 5.41. The smallest absolute Gasteiger partial charge is 0.211 e. The molecular weight excluding hydrogens is 240 g/mol. The van der Waals surface area contributed by atoms with E-state index in [1.54, 1.807) is 6.26 Å². The summed E-state index contributed by atoms with van der Waals surface area (Å²) >= 11 is 0. The zero-order chi connectivity index (χ0) is 11.5. The Labute approximate surface area is 106 Å². The van der Waals surface area contributed by atoms with E-state index in [0.29, 0.717) is 6.41 Å². The van der Waals surface area contributed by atoms with Gasteiger partial charge in [0.25, 0.3) is 0 Å². The van der Waals surface area contributed by atoms with Gasteiger partial charge in [-0.3, -0.25) is 4.79 Å². The minimum atomic E-state index is 0. The van der Waals surface area contributed by atoms with E-state index in [0.717, 1.165) is 28.6 Å². The van der Waals surface area contributed by atoms with Crippen LogP contribution >= 0.6 is 12.4 Å². The summed E-state index contributed by atoms with van der Waals surface area (Å²) in [4.78, 5) is 10.4. The quantitative estimate of drug-likeness (QED) is 0.823. The average molecular weight is 255 g/mol. The van der Waals surface area contributed by atoms with Crippen LogP contribution in [0.2, 0.25) is 0 Å². The van der Waals surface area contributed by atoms with Gasteiger partial charge in [-0.25, -0.2) is 0 Å². The van der Waals surface area contributed by atoms with Crippen LogP contribution in [0, 0.1) is 0 Å². The molecule has 0 saturated carbocycles. The van der Waals surface area contributed by atoms with Gasteiger partial charge < -0.3 is 15.5 Å². The monoisotopic (exact) mass is 254 g/mol. The summed E-state index contributed by atoms with van der Waals surface area (Å²) in [5.41, 5.74) is 8.40. The maximum absolute atomic E-state index is 10.4. The van der Waals surface area contributed by atoms with E-state index in [1.807, 2.05) is 25.1 Å². The number of nitrogens with one attached hydrogen (secondary N) is 1. The van der Waals surface area contributed by atoms with Crippen LogP contribution in [-0.2, 0) is 11.2 Å². The molecule has 17 heavy (non-hydrogen) atoms. The fourth-order valence-electron chi connectivity index (χ4n) is 1.81. The number of furan rings is 1. The molecule has 0 fully saturated rings. The lowest BCUT2D eigenvalue weighted by Crippen LogP contribution is -2.17. The molecule has 0 bridgehead atoms. The predicted molar refractivity (Wildman–Crippen MR) is 70.5 cm³/mol. The van der Waals surface area contributed by atoms with Crippen molar-refractivity contribution in [1.82, 2.24) is 0 Å². The Morgan fingerprint density at radius 2 is 2.29 bits per heavy atom. The molecule has 0 radical (unpaired) electrons. The van der Waals surface area contributed by atoms with Crippen LogP contribution in [0.15, 0.2) is 28.9 Å². The number of hydrogen-bond acceptors (Lipinski definition) is 3. The number of fused-ring (bicyclic) bond motifs is 1. The number of amides is 1. The number of anilines is 1. The molecule has 0 saturated heterocycles. The van der Waals surface area contributed by atoms with E-state index < -0.39 is 0 Å². The third-order valence-electron chi connectivity index (χ3n) is 2.40. The van der Waals surface area contributed by atoms with Crippen LogP contribution < -0.4 is 11.1 Å². The molecule has 1 amide bonds. The van der Waals surface area contributed by atoms with Crippen molar-refractivity contribution >= 4 is 35.5 Å². The normalized spacial score (nSPS) is 11.9. The second-order valence-electron chi connectivity index (χ2n) is 3.92. The van der Waals surface area contributed by atoms with Gasteiger partial charge in [0.1, 0.15) is 5.58 Å². The Hall–Kier alpha value is -1.52. The SMILES string of the molecule is CC(N)Cc1cc(NC=O)cc2ccoc12.Cl. The standard InChI is InChI=1S/C12H14N2O2.ClH/c1-8(13)4-10-6-11(14-7-15)5-9-2-3-16-12(9)10;/h2-3,5-8H,4,13H2,1H3,(H,14,15);1H. The highest BCUT2D eigenvalue weighted by Crippen LogP contribution is 2.25. The van der Waals surface area contributed by atoms with E-state index in [1.165, 1.54) is 0 Å². The van der Waals surface area contributed by atoms with Gasteiger partial charge in [0, 0.05) is 17.1 Å². The molecule has 2 aromatic rings. The van der Waals surface area contributed by atoms with Gasteiger partial charge in [-0.1, -0.05) is 0 Å². The summed E-state index contributed by atoms with van der Waals surface area (Å²) in [6.07, 6.45) is 3.02. The fraction of sp³-hybridized carbons (Fsp3) is 0.250. The molecule has 1 heterocycles. The molecule has 1 aromatic heterocycles. The van der Waals surface area contributed by atoms with Gasteiger partial charge in [0.05, 0.1) is 6.26 Å². The highest BCUT2D eigenvalue weighted by Gasteiger charge is 2.08. The lowest BCUT2D eigenvalue weighted by molar-refractivity contribution is -0.105. The third kappa shape index (κ3) is 2.99. The molecular formula is C12H15ClN2O2. The largest absolute Gasteiger partial charge is 0.464 e. The lowest BCUT2D eigenvalue weighted by atomic mass is 10.0. The number of rotatable bonds is 4. The van der Waals surface area contributed by atoms with Gasteiger partial charge >= 0.3 is 0 Å². The van der Waals surface area contributed by atoms with Gasteiger partial charge in [0.2, 0.25) is 6.41 Å². The van der Waals surface area contributed by atoms with E-state index in [9.17, 15) is 4.79 Å². The number of nitrogens with two attached hydrogens (primary N) is 1. The summed E-state index contributed by atoms with van der Waals surface area (Å²) in [5.74, 6) is 0. The summed E-state index contributed by atoms with van der Waals surface area (Å²) in [6.45, 7) is 1.94. The first-order valence-corrected chi connectivity index (χ1v) is 5.16. The minimum Gasteiger partial charge on any atom is -0.464 e. The molecule has 5 heteroatoms. The molecule has 1 atom stereocenters. The first-order chi connectivity index (χ1) is 7.70. The Morgan fingerprint density at radius 1 is 1.53 bits per heavy atom. The first kappa shape index (κ1) is 13.5. The Bertz CT molecular complexity index is 508. The van der Waals surface area contributed by atoms with Crippen LogP contribution in [0.1, 0.15) is 12.5 Å². The van der Waals surface area contributed by atoms with Crippen LogP contribution in [0.3, 0.4) is 0 Å². The number of carbonyl (C=O) groups is 1. The molecule has 0 aliphatic heterocycles. The van der Waals surface area contributed by atoms with Crippen LogP contribution in [-0.4, -0.2) is 12.5 Å². The van der Waals surface area contributed by atoms with E-state index >= 15 is 0 Å². The predicted octanol–water partition coefficient (Wildman–Crippen LogP) is 2.31. The van der Waals surface area contributed by atoms with Crippen LogP contribution in [0.25, 0.3) is 11.0 Å². The Morgan fingerprint density at radius 3 is 2.94 bits per heavy atom. The van der Waals surface area contributed by atoms with Gasteiger partial charge in [-0.2, -0.15) is 0 Å². The zero-order valence-corrected chi connectivity index (χ0v) is 10.3. The molecule has 0 spiro atoms. The van der Waals surface area contributed by atoms with Crippen LogP contribution in [0.4, 0.5) is 5.69 Å². The van der Waals surface area contributed by atoms with E-state index in [-0.39, 0.29) is 18.4 Å². The van der Waals surface area contributed by atoms with E-state index in [2.05, 4.69) is 5.32 Å². The maximum Gasteiger partial charge on any atom is 0.211 e. The number of halogens is 1. The Balaban J connectivity index is 0.00000144. The van der Waals surface area contributed by atoms with E-state index in [4.69, 9.17) is 10.2 Å². The molecule has 1 aromatic carbocycles. The average Bonchev–Trinajstić information content (AvgIpc) is 2.65. The highest BCUT2D eigenvalue weighted by molar-refractivity contribution is 5.87. The summed E-state index contributed by atoms with van der Waals surface area (Å²) in [7, 11) is 0. The number of hydrogen-bond donors (Lipinski definition) is 2. The molecule has 0 aliphatic rings. The molecule has 3 N–H and O–H groups in total. The van der Waals surface area contributed by atoms with Gasteiger partial charge in [-0.05, 0) is 37.1 Å². The number of carbonyl (C=O) groups excluding carboxylic acids is 1. The highest BCUT2D eigenvalue weighted by atomic mass is 35.5. The summed E-state index contributed by atoms with van der Waals surface area (Å²) in [5, 5.41) is 3.61. The first-order valence-electron chi connectivity index (χ1n) is 5.16. The second kappa shape index (κ2) is 5.70. The summed E-state index contributed by atoms with van der Waals surface area (Å²) in [6, 6.07) is 5.69. The third-order valence-corrected chi connectivity index (χ3v) is 2.40. The van der Waals surface area contributed by atoms with Gasteiger partial charge in [-0.15, -0.1) is 12.4 Å². The van der Waals surface area contributed by atoms with Crippen LogP contribution in [0.5, 0.6) is 0 Å². The molecule has 4 nitrogen and oxygen atoms in total. The second-order valence-corrected chi connectivity index (χ2v) is 3.92. The van der Waals surface area contributed by atoms with Crippen molar-refractivity contribution in [2.24, 2.45) is 5.73 Å². The van der Waals surface area contributed by atoms with Gasteiger partial charge in [0.15, 0.2) is 0 Å². The molecule has 1 unspecified atom stereocenters. The number of benzene rings is 1. The fourth-order valence-corrected chi connectivity index (χ4v) is 1.81. The topological polar surface area (TPSA) is 68.3 Å². The van der Waals surface area contributed by atoms with Crippen molar-refractivity contribution in [2.75, 3.05) is 5.32 Å². The minimum absolute atomic E-state index is 0. The molecule has 0 aliphatic carbocycles. The van der Waals surface area contributed by atoms with Crippen molar-refractivity contribution in [2.45, 2.75) is 19.4 Å². The van der Waals surface area contributed by atoms with Crippen molar-refractivity contribution in [3.05, 3.63) is 30.0 Å². The maximum atomic E-state index is 10.4. The Kier molecular flexibility index (Phi) is 4.54. The van der Waals surface area contributed by atoms with Crippen molar-refractivity contribution in [1.29, 1.82) is 0 Å². The molecule has 92 valence electrons. The van der Waals surface area contributed by atoms with Crippen molar-refractivity contribution < 1.29 is 9.21 Å². The lowest BCUT2D eigenvalue weighted by Gasteiger charge is -2.08. The van der Waals surface area contributed by atoms with Crippen molar-refractivity contribution in [3.8, 4) is 0 Å².